The van der Waals surface area contributed by atoms with Crippen molar-refractivity contribution in [3.8, 4) is 17.0 Å². The van der Waals surface area contributed by atoms with Crippen LogP contribution in [-0.2, 0) is 19.5 Å². The number of ketones is 1. The Hall–Kier alpha value is -2.95. The third-order valence-electron chi connectivity index (χ3n) is 4.84. The number of carbonyl (C=O) groups excluding carboxylic acids is 1. The van der Waals surface area contributed by atoms with Gasteiger partial charge in [0.2, 0.25) is 5.78 Å². The molecule has 4 rings (SSSR count). The van der Waals surface area contributed by atoms with E-state index in [-0.39, 0.29) is 18.1 Å². The van der Waals surface area contributed by atoms with Crippen LogP contribution in [0.5, 0.6) is 5.75 Å². The summed E-state index contributed by atoms with van der Waals surface area (Å²) in [5, 5.41) is 0. The lowest BCUT2D eigenvalue weighted by Crippen LogP contribution is -2.40. The molecule has 1 aromatic heterocycles. The van der Waals surface area contributed by atoms with Crippen LogP contribution in [0.2, 0.25) is 0 Å². The van der Waals surface area contributed by atoms with Crippen molar-refractivity contribution in [1.29, 1.82) is 0 Å². The van der Waals surface area contributed by atoms with Crippen LogP contribution in [0.4, 0.5) is 4.39 Å². The van der Waals surface area contributed by atoms with Crippen LogP contribution in [0.1, 0.15) is 22.6 Å². The zero-order valence-corrected chi connectivity index (χ0v) is 14.6. The normalized spacial score (nSPS) is 12.8. The van der Waals surface area contributed by atoms with Gasteiger partial charge in [-0.05, 0) is 42.8 Å². The number of imidazole rings is 1. The molecule has 0 spiro atoms. The first kappa shape index (κ1) is 16.5. The van der Waals surface area contributed by atoms with Crippen LogP contribution in [0.15, 0.2) is 54.7 Å². The molecule has 4 nitrogen and oxygen atoms in total. The number of rotatable bonds is 5. The van der Waals surface area contributed by atoms with Crippen molar-refractivity contribution < 1.29 is 18.5 Å². The van der Waals surface area contributed by atoms with Gasteiger partial charge < -0.3 is 4.74 Å². The third kappa shape index (κ3) is 3.01. The maximum absolute atomic E-state index is 13.2. The van der Waals surface area contributed by atoms with Crippen LogP contribution in [-0.4, -0.2) is 17.5 Å². The molecule has 0 aliphatic carbocycles. The molecule has 5 heteroatoms. The third-order valence-corrected chi connectivity index (χ3v) is 4.84. The summed E-state index contributed by atoms with van der Waals surface area (Å²) in [6, 6.07) is 13.7. The van der Waals surface area contributed by atoms with E-state index < -0.39 is 0 Å². The molecule has 0 N–H and O–H groups in total. The number of carbonyl (C=O) groups is 1. The number of ether oxygens (including phenoxy) is 1. The highest BCUT2D eigenvalue weighted by molar-refractivity contribution is 5.95. The molecule has 0 radical (unpaired) electrons. The predicted octanol–water partition coefficient (Wildman–Crippen LogP) is 3.42. The maximum atomic E-state index is 13.2. The molecular formula is C21H20FN2O2+. The molecule has 1 aliphatic heterocycles. The standard InChI is InChI=1S/C21H20FN2O2/c1-26-18-5-2-4-16(12-18)20(25)14-23-13-19(24-11-3-6-21(23)24)15-7-9-17(22)10-8-15/h2,4-5,7-10,12-13H,3,6,11,14H2,1H3/q+1. The van der Waals surface area contributed by atoms with Crippen molar-refractivity contribution in [2.45, 2.75) is 25.9 Å². The van der Waals surface area contributed by atoms with Gasteiger partial charge in [-0.3, -0.25) is 4.79 Å². The summed E-state index contributed by atoms with van der Waals surface area (Å²) in [7, 11) is 1.59. The Kier molecular flexibility index (Phi) is 4.29. The number of nitrogens with zero attached hydrogens (tertiary/aromatic N) is 2. The van der Waals surface area contributed by atoms with Gasteiger partial charge in [-0.15, -0.1) is 0 Å². The van der Waals surface area contributed by atoms with Crippen LogP contribution in [0, 0.1) is 5.82 Å². The first-order valence-electron chi connectivity index (χ1n) is 8.71. The molecule has 0 saturated heterocycles. The molecule has 2 heterocycles. The van der Waals surface area contributed by atoms with E-state index in [1.807, 2.05) is 29.0 Å². The van der Waals surface area contributed by atoms with Crippen molar-refractivity contribution in [3.05, 3.63) is 71.9 Å². The quantitative estimate of drug-likeness (QED) is 0.521. The maximum Gasteiger partial charge on any atom is 0.257 e. The number of hydrogen-bond acceptors (Lipinski definition) is 2. The van der Waals surface area contributed by atoms with Crippen LogP contribution >= 0.6 is 0 Å². The summed E-state index contributed by atoms with van der Waals surface area (Å²) in [4.78, 5) is 12.7. The fourth-order valence-corrected chi connectivity index (χ4v) is 3.54. The fraction of sp³-hybridized carbons (Fsp3) is 0.238. The Balaban J connectivity index is 1.66. The van der Waals surface area contributed by atoms with E-state index in [9.17, 15) is 9.18 Å². The average molecular weight is 351 g/mol. The van der Waals surface area contributed by atoms with Gasteiger partial charge >= 0.3 is 0 Å². The molecule has 3 aromatic rings. The molecular weight excluding hydrogens is 331 g/mol. The lowest BCUT2D eigenvalue weighted by atomic mass is 10.1. The monoisotopic (exact) mass is 351 g/mol. The Morgan fingerprint density at radius 3 is 2.81 bits per heavy atom. The van der Waals surface area contributed by atoms with Crippen LogP contribution in [0.3, 0.4) is 0 Å². The lowest BCUT2D eigenvalue weighted by molar-refractivity contribution is -0.689. The number of benzene rings is 2. The Labute approximate surface area is 151 Å². The summed E-state index contributed by atoms with van der Waals surface area (Å²) < 4.78 is 22.7. The van der Waals surface area contributed by atoms with Crippen molar-refractivity contribution >= 4 is 5.78 Å². The van der Waals surface area contributed by atoms with E-state index in [4.69, 9.17) is 4.74 Å². The smallest absolute Gasteiger partial charge is 0.257 e. The van der Waals surface area contributed by atoms with Gasteiger partial charge in [0.15, 0.2) is 12.2 Å². The summed E-state index contributed by atoms with van der Waals surface area (Å²) >= 11 is 0. The van der Waals surface area contributed by atoms with Crippen LogP contribution < -0.4 is 9.30 Å². The molecule has 0 saturated carbocycles. The minimum atomic E-state index is -0.247. The Morgan fingerprint density at radius 2 is 2.04 bits per heavy atom. The summed E-state index contributed by atoms with van der Waals surface area (Å²) in [5.41, 5.74) is 2.62. The van der Waals surface area contributed by atoms with E-state index in [0.29, 0.717) is 11.3 Å². The number of fused-ring (bicyclic) bond motifs is 1. The zero-order valence-electron chi connectivity index (χ0n) is 14.6. The van der Waals surface area contributed by atoms with Gasteiger partial charge in [-0.25, -0.2) is 13.5 Å². The number of Topliss-reactive ketones (excluding diaryl/α,β-unsaturated/α-hetero) is 1. The zero-order chi connectivity index (χ0) is 18.1. The van der Waals surface area contributed by atoms with E-state index in [2.05, 4.69) is 4.57 Å². The first-order valence-corrected chi connectivity index (χ1v) is 8.71. The fourth-order valence-electron chi connectivity index (χ4n) is 3.54. The molecule has 1 aliphatic rings. The summed E-state index contributed by atoms with van der Waals surface area (Å²) in [6.45, 7) is 1.20. The Bertz CT molecular complexity index is 961. The van der Waals surface area contributed by atoms with E-state index >= 15 is 0 Å². The second-order valence-electron chi connectivity index (χ2n) is 6.48. The van der Waals surface area contributed by atoms with Crippen molar-refractivity contribution in [2.75, 3.05) is 7.11 Å². The number of halogens is 1. The number of aromatic nitrogens is 2. The van der Waals surface area contributed by atoms with Crippen molar-refractivity contribution in [1.82, 2.24) is 4.57 Å². The second kappa shape index (κ2) is 6.75. The van der Waals surface area contributed by atoms with E-state index in [0.717, 1.165) is 36.5 Å². The molecule has 0 atom stereocenters. The molecule has 0 unspecified atom stereocenters. The van der Waals surface area contributed by atoms with E-state index in [1.54, 1.807) is 25.3 Å². The number of hydrogen-bond donors (Lipinski definition) is 0. The highest BCUT2D eigenvalue weighted by atomic mass is 19.1. The lowest BCUT2D eigenvalue weighted by Gasteiger charge is -2.03. The van der Waals surface area contributed by atoms with Gasteiger partial charge in [0, 0.05) is 11.1 Å². The van der Waals surface area contributed by atoms with Crippen LogP contribution in [0.25, 0.3) is 11.3 Å². The topological polar surface area (TPSA) is 35.1 Å². The Morgan fingerprint density at radius 1 is 1.23 bits per heavy atom. The molecule has 2 aromatic carbocycles. The summed E-state index contributed by atoms with van der Waals surface area (Å²) in [5.74, 6) is 1.61. The van der Waals surface area contributed by atoms with Gasteiger partial charge in [0.1, 0.15) is 17.8 Å². The largest absolute Gasteiger partial charge is 0.497 e. The first-order chi connectivity index (χ1) is 12.7. The molecule has 0 fully saturated rings. The van der Waals surface area contributed by atoms with Gasteiger partial charge in [0.25, 0.3) is 5.82 Å². The van der Waals surface area contributed by atoms with Gasteiger partial charge in [0.05, 0.1) is 20.1 Å². The predicted molar refractivity (Wildman–Crippen MR) is 95.7 cm³/mol. The molecule has 0 bridgehead atoms. The average Bonchev–Trinajstić information content (AvgIpc) is 3.26. The van der Waals surface area contributed by atoms with Gasteiger partial charge in [-0.1, -0.05) is 12.1 Å². The van der Waals surface area contributed by atoms with E-state index in [1.165, 1.54) is 12.1 Å². The van der Waals surface area contributed by atoms with Crippen molar-refractivity contribution in [2.24, 2.45) is 0 Å². The van der Waals surface area contributed by atoms with Crippen molar-refractivity contribution in [3.63, 3.8) is 0 Å². The second-order valence-corrected chi connectivity index (χ2v) is 6.48. The minimum Gasteiger partial charge on any atom is -0.497 e. The molecule has 0 amide bonds. The molecule has 26 heavy (non-hydrogen) atoms. The minimum absolute atomic E-state index is 0.0415. The summed E-state index contributed by atoms with van der Waals surface area (Å²) in [6.07, 6.45) is 3.99. The highest BCUT2D eigenvalue weighted by Crippen LogP contribution is 2.25. The SMILES string of the molecule is COc1cccc(C(=O)C[n+]2cc(-c3ccc(F)cc3)n3c2CCC3)c1. The highest BCUT2D eigenvalue weighted by Gasteiger charge is 2.29. The van der Waals surface area contributed by atoms with Gasteiger partial charge in [-0.2, -0.15) is 0 Å². The number of methoxy groups -OCH3 is 1. The molecule has 132 valence electrons.